The fourth-order valence-corrected chi connectivity index (χ4v) is 3.35. The number of carbonyl (C=O) groups excluding carboxylic acids is 2. The summed E-state index contributed by atoms with van der Waals surface area (Å²) in [5.74, 6) is -0.972. The molecule has 0 aliphatic heterocycles. The highest BCUT2D eigenvalue weighted by Crippen LogP contribution is 2.31. The number of benzene rings is 1. The van der Waals surface area contributed by atoms with E-state index in [1.165, 1.54) is 18.3 Å². The molecule has 1 aromatic carbocycles. The maximum atomic E-state index is 13.4. The van der Waals surface area contributed by atoms with Crippen molar-refractivity contribution in [2.45, 2.75) is 6.54 Å². The number of amides is 2. The SMILES string of the molecule is NC(=O)c1ccc(C(=O)N(Cc2ccccn2)c2ccc(Cl)c(-c3ccccn3)c2)nc1. The van der Waals surface area contributed by atoms with Crippen LogP contribution in [0.5, 0.6) is 0 Å². The van der Waals surface area contributed by atoms with Gasteiger partial charge in [-0.25, -0.2) is 0 Å². The van der Waals surface area contributed by atoms with Gasteiger partial charge in [0.1, 0.15) is 5.69 Å². The molecular weight excluding hydrogens is 426 g/mol. The Hall–Kier alpha value is -4.10. The summed E-state index contributed by atoms with van der Waals surface area (Å²) in [4.78, 5) is 39.2. The Morgan fingerprint density at radius 3 is 2.31 bits per heavy atom. The Bertz CT molecular complexity index is 1250. The van der Waals surface area contributed by atoms with Gasteiger partial charge < -0.3 is 10.6 Å². The Kier molecular flexibility index (Phi) is 6.19. The average molecular weight is 444 g/mol. The predicted octanol–water partition coefficient (Wildman–Crippen LogP) is 4.14. The molecule has 3 aromatic heterocycles. The molecule has 0 unspecified atom stereocenters. The van der Waals surface area contributed by atoms with Crippen molar-refractivity contribution in [3.8, 4) is 11.3 Å². The molecule has 0 spiro atoms. The van der Waals surface area contributed by atoms with Gasteiger partial charge in [-0.2, -0.15) is 0 Å². The second kappa shape index (κ2) is 9.36. The maximum absolute atomic E-state index is 13.4. The van der Waals surface area contributed by atoms with Crippen LogP contribution in [0.15, 0.2) is 85.3 Å². The number of pyridine rings is 3. The number of hydrogen-bond donors (Lipinski definition) is 1. The van der Waals surface area contributed by atoms with E-state index >= 15 is 0 Å². The van der Waals surface area contributed by atoms with Gasteiger partial charge in [-0.1, -0.05) is 23.7 Å². The normalized spacial score (nSPS) is 10.5. The molecule has 7 nitrogen and oxygen atoms in total. The highest BCUT2D eigenvalue weighted by molar-refractivity contribution is 6.33. The van der Waals surface area contributed by atoms with Gasteiger partial charge in [0.15, 0.2) is 0 Å². The second-order valence-corrected chi connectivity index (χ2v) is 7.30. The first-order valence-corrected chi connectivity index (χ1v) is 10.1. The van der Waals surface area contributed by atoms with Crippen molar-refractivity contribution in [3.63, 3.8) is 0 Å². The van der Waals surface area contributed by atoms with E-state index in [0.717, 1.165) is 0 Å². The highest BCUT2D eigenvalue weighted by Gasteiger charge is 2.21. The Morgan fingerprint density at radius 2 is 1.69 bits per heavy atom. The first-order valence-electron chi connectivity index (χ1n) is 9.71. The first kappa shape index (κ1) is 21.1. The van der Waals surface area contributed by atoms with Crippen LogP contribution < -0.4 is 10.6 Å². The van der Waals surface area contributed by atoms with Crippen LogP contribution in [-0.2, 0) is 6.54 Å². The third kappa shape index (κ3) is 4.63. The quantitative estimate of drug-likeness (QED) is 0.482. The zero-order chi connectivity index (χ0) is 22.5. The van der Waals surface area contributed by atoms with Crippen LogP contribution in [0.1, 0.15) is 26.5 Å². The minimum absolute atomic E-state index is 0.167. The number of rotatable bonds is 6. The molecule has 0 aliphatic rings. The number of nitrogens with zero attached hydrogens (tertiary/aromatic N) is 4. The summed E-state index contributed by atoms with van der Waals surface area (Å²) in [6, 6.07) is 19.3. The van der Waals surface area contributed by atoms with Crippen molar-refractivity contribution in [2.75, 3.05) is 4.90 Å². The average Bonchev–Trinajstić information content (AvgIpc) is 2.84. The molecule has 0 atom stereocenters. The summed E-state index contributed by atoms with van der Waals surface area (Å²) in [7, 11) is 0. The summed E-state index contributed by atoms with van der Waals surface area (Å²) in [6.07, 6.45) is 4.63. The van der Waals surface area contributed by atoms with Crippen molar-refractivity contribution in [1.29, 1.82) is 0 Å². The zero-order valence-electron chi connectivity index (χ0n) is 16.9. The minimum Gasteiger partial charge on any atom is -0.366 e. The van der Waals surface area contributed by atoms with Crippen LogP contribution >= 0.6 is 11.6 Å². The topological polar surface area (TPSA) is 102 Å². The highest BCUT2D eigenvalue weighted by atomic mass is 35.5. The molecule has 0 fully saturated rings. The third-order valence-corrected chi connectivity index (χ3v) is 5.09. The minimum atomic E-state index is -0.612. The Balaban J connectivity index is 1.76. The van der Waals surface area contributed by atoms with Crippen LogP contribution in [0.4, 0.5) is 5.69 Å². The third-order valence-electron chi connectivity index (χ3n) is 4.76. The second-order valence-electron chi connectivity index (χ2n) is 6.89. The lowest BCUT2D eigenvalue weighted by Crippen LogP contribution is -2.31. The summed E-state index contributed by atoms with van der Waals surface area (Å²) in [5.41, 5.74) is 8.35. The lowest BCUT2D eigenvalue weighted by atomic mass is 10.1. The fraction of sp³-hybridized carbons (Fsp3) is 0.0417. The molecule has 2 N–H and O–H groups in total. The monoisotopic (exact) mass is 443 g/mol. The maximum Gasteiger partial charge on any atom is 0.277 e. The molecule has 8 heteroatoms. The molecule has 0 radical (unpaired) electrons. The number of primary amides is 1. The largest absolute Gasteiger partial charge is 0.366 e. The van der Waals surface area contributed by atoms with Gasteiger partial charge >= 0.3 is 0 Å². The summed E-state index contributed by atoms with van der Waals surface area (Å²) in [6.45, 7) is 0.211. The molecular formula is C24H18ClN5O2. The van der Waals surface area contributed by atoms with E-state index < -0.39 is 5.91 Å². The summed E-state index contributed by atoms with van der Waals surface area (Å²) in [5, 5.41) is 0.515. The van der Waals surface area contributed by atoms with E-state index in [-0.39, 0.29) is 23.7 Å². The molecule has 4 rings (SSSR count). The van der Waals surface area contributed by atoms with E-state index in [1.54, 1.807) is 35.5 Å². The van der Waals surface area contributed by atoms with Crippen LogP contribution in [0.3, 0.4) is 0 Å². The van der Waals surface area contributed by atoms with Gasteiger partial charge in [-0.15, -0.1) is 0 Å². The van der Waals surface area contributed by atoms with Gasteiger partial charge in [0.05, 0.1) is 28.5 Å². The number of aromatic nitrogens is 3. The molecule has 4 aromatic rings. The zero-order valence-corrected chi connectivity index (χ0v) is 17.6. The van der Waals surface area contributed by atoms with Crippen molar-refractivity contribution in [1.82, 2.24) is 15.0 Å². The van der Waals surface area contributed by atoms with Gasteiger partial charge in [0.25, 0.3) is 5.91 Å². The van der Waals surface area contributed by atoms with E-state index in [2.05, 4.69) is 15.0 Å². The standard InChI is InChI=1S/C24H18ClN5O2/c25-20-9-8-18(13-19(20)21-6-2-4-12-28-21)30(15-17-5-1-3-11-27-17)24(32)22-10-7-16(14-29-22)23(26)31/h1-14H,15H2,(H2,26,31). The van der Waals surface area contributed by atoms with Crippen molar-refractivity contribution in [2.24, 2.45) is 5.73 Å². The van der Waals surface area contributed by atoms with E-state index in [0.29, 0.717) is 27.7 Å². The number of nitrogens with two attached hydrogens (primary N) is 1. The molecule has 0 saturated heterocycles. The van der Waals surface area contributed by atoms with Crippen LogP contribution in [0, 0.1) is 0 Å². The molecule has 3 heterocycles. The molecule has 0 bridgehead atoms. The molecule has 32 heavy (non-hydrogen) atoms. The van der Waals surface area contributed by atoms with E-state index in [1.807, 2.05) is 36.4 Å². The van der Waals surface area contributed by atoms with Crippen molar-refractivity contribution in [3.05, 3.63) is 107 Å². The first-order chi connectivity index (χ1) is 15.5. The van der Waals surface area contributed by atoms with Crippen LogP contribution in [0.2, 0.25) is 5.02 Å². The molecule has 2 amide bonds. The molecule has 158 valence electrons. The van der Waals surface area contributed by atoms with Gasteiger partial charge in [0, 0.05) is 29.8 Å². The number of carbonyl (C=O) groups is 2. The lowest BCUT2D eigenvalue weighted by Gasteiger charge is -2.23. The van der Waals surface area contributed by atoms with Crippen molar-refractivity contribution < 1.29 is 9.59 Å². The van der Waals surface area contributed by atoms with E-state index in [4.69, 9.17) is 17.3 Å². The fourth-order valence-electron chi connectivity index (χ4n) is 3.14. The number of halogens is 1. The van der Waals surface area contributed by atoms with Crippen LogP contribution in [-0.4, -0.2) is 26.8 Å². The Morgan fingerprint density at radius 1 is 0.906 bits per heavy atom. The smallest absolute Gasteiger partial charge is 0.277 e. The number of hydrogen-bond acceptors (Lipinski definition) is 5. The Labute approximate surface area is 189 Å². The number of anilines is 1. The van der Waals surface area contributed by atoms with Gasteiger partial charge in [-0.3, -0.25) is 24.5 Å². The summed E-state index contributed by atoms with van der Waals surface area (Å²) < 4.78 is 0. The van der Waals surface area contributed by atoms with Crippen molar-refractivity contribution >= 4 is 29.1 Å². The van der Waals surface area contributed by atoms with Crippen LogP contribution in [0.25, 0.3) is 11.3 Å². The van der Waals surface area contributed by atoms with Gasteiger partial charge in [0.2, 0.25) is 5.91 Å². The van der Waals surface area contributed by atoms with E-state index in [9.17, 15) is 9.59 Å². The summed E-state index contributed by atoms with van der Waals surface area (Å²) >= 11 is 6.43. The molecule has 0 saturated carbocycles. The molecule has 0 aliphatic carbocycles. The van der Waals surface area contributed by atoms with Gasteiger partial charge in [-0.05, 0) is 54.6 Å². The lowest BCUT2D eigenvalue weighted by molar-refractivity contribution is 0.0973. The predicted molar refractivity (Wildman–Crippen MR) is 122 cm³/mol.